The summed E-state index contributed by atoms with van der Waals surface area (Å²) in [6.45, 7) is 4.60. The zero-order chi connectivity index (χ0) is 18.3. The van der Waals surface area contributed by atoms with Gasteiger partial charge in [-0.1, -0.05) is 49.7 Å². The highest BCUT2D eigenvalue weighted by molar-refractivity contribution is 6.30. The highest BCUT2D eigenvalue weighted by Gasteiger charge is 2.32. The van der Waals surface area contributed by atoms with Crippen molar-refractivity contribution in [2.45, 2.75) is 26.7 Å². The Bertz CT molecular complexity index is 928. The summed E-state index contributed by atoms with van der Waals surface area (Å²) in [7, 11) is 1.70. The Kier molecular flexibility index (Phi) is 4.49. The van der Waals surface area contributed by atoms with E-state index in [1.165, 1.54) is 11.3 Å². The Hall–Kier alpha value is -2.26. The van der Waals surface area contributed by atoms with Gasteiger partial charge in [-0.3, -0.25) is 0 Å². The lowest BCUT2D eigenvalue weighted by Crippen LogP contribution is -2.11. The van der Waals surface area contributed by atoms with Crippen molar-refractivity contribution in [3.05, 3.63) is 64.8 Å². The normalized spacial score (nSPS) is 16.1. The number of hydrogen-bond donors (Lipinski definition) is 0. The van der Waals surface area contributed by atoms with Gasteiger partial charge in [0.15, 0.2) is 0 Å². The molecule has 1 heterocycles. The molecule has 1 unspecified atom stereocenters. The second-order valence-corrected chi connectivity index (χ2v) is 7.71. The van der Waals surface area contributed by atoms with Crippen molar-refractivity contribution in [1.29, 1.82) is 0 Å². The third-order valence-corrected chi connectivity index (χ3v) is 5.61. The first-order valence-electron chi connectivity index (χ1n) is 9.08. The van der Waals surface area contributed by atoms with E-state index < -0.39 is 0 Å². The second kappa shape index (κ2) is 6.81. The van der Waals surface area contributed by atoms with E-state index in [-0.39, 0.29) is 0 Å². The van der Waals surface area contributed by atoms with E-state index in [4.69, 9.17) is 21.4 Å². The van der Waals surface area contributed by atoms with Crippen LogP contribution in [0.15, 0.2) is 48.5 Å². The SMILES string of the molecule is COc1ccccc1-n1nc2c(c1-c1ccc(Cl)cc1)CC(C(C)C)C2. The molecule has 0 fully saturated rings. The van der Waals surface area contributed by atoms with E-state index in [2.05, 4.69) is 32.0 Å². The molecule has 1 aromatic heterocycles. The molecule has 4 heteroatoms. The molecule has 3 aromatic rings. The Morgan fingerprint density at radius 1 is 1.08 bits per heavy atom. The highest BCUT2D eigenvalue weighted by atomic mass is 35.5. The molecule has 1 aliphatic rings. The third kappa shape index (κ3) is 2.90. The number of halogens is 1. The molecule has 1 atom stereocenters. The van der Waals surface area contributed by atoms with E-state index in [0.717, 1.165) is 40.6 Å². The van der Waals surface area contributed by atoms with Crippen LogP contribution < -0.4 is 4.74 Å². The van der Waals surface area contributed by atoms with Gasteiger partial charge in [0, 0.05) is 16.1 Å². The number of methoxy groups -OCH3 is 1. The van der Waals surface area contributed by atoms with Crippen molar-refractivity contribution in [2.75, 3.05) is 7.11 Å². The van der Waals surface area contributed by atoms with Crippen LogP contribution in [0.2, 0.25) is 5.02 Å². The maximum Gasteiger partial charge on any atom is 0.144 e. The van der Waals surface area contributed by atoms with E-state index in [1.807, 2.05) is 35.0 Å². The molecule has 0 N–H and O–H groups in total. The van der Waals surface area contributed by atoms with Gasteiger partial charge in [-0.15, -0.1) is 0 Å². The Balaban J connectivity index is 1.91. The minimum atomic E-state index is 0.655. The van der Waals surface area contributed by atoms with E-state index in [9.17, 15) is 0 Å². The zero-order valence-electron chi connectivity index (χ0n) is 15.4. The van der Waals surface area contributed by atoms with Crippen molar-refractivity contribution in [3.63, 3.8) is 0 Å². The lowest BCUT2D eigenvalue weighted by atomic mass is 9.92. The molecule has 2 aromatic carbocycles. The smallest absolute Gasteiger partial charge is 0.144 e. The van der Waals surface area contributed by atoms with E-state index >= 15 is 0 Å². The largest absolute Gasteiger partial charge is 0.494 e. The molecule has 3 nitrogen and oxygen atoms in total. The number of para-hydroxylation sites is 2. The van der Waals surface area contributed by atoms with Crippen molar-refractivity contribution in [3.8, 4) is 22.7 Å². The fourth-order valence-electron chi connectivity index (χ4n) is 3.81. The minimum absolute atomic E-state index is 0.655. The Morgan fingerprint density at radius 2 is 1.81 bits per heavy atom. The van der Waals surface area contributed by atoms with Gasteiger partial charge in [0.1, 0.15) is 11.4 Å². The standard InChI is InChI=1S/C22H23ClN2O/c1-14(2)16-12-18-19(13-16)24-25(20-6-4-5-7-21(20)26-3)22(18)15-8-10-17(23)11-9-15/h4-11,14,16H,12-13H2,1-3H3. The van der Waals surface area contributed by atoms with Crippen molar-refractivity contribution >= 4 is 11.6 Å². The summed E-state index contributed by atoms with van der Waals surface area (Å²) in [5.74, 6) is 2.14. The van der Waals surface area contributed by atoms with Gasteiger partial charge in [-0.2, -0.15) is 5.10 Å². The second-order valence-electron chi connectivity index (χ2n) is 7.28. The monoisotopic (exact) mass is 366 g/mol. The molecule has 0 bridgehead atoms. The van der Waals surface area contributed by atoms with Crippen LogP contribution in [0.3, 0.4) is 0 Å². The fourth-order valence-corrected chi connectivity index (χ4v) is 3.94. The van der Waals surface area contributed by atoms with Crippen LogP contribution in [0, 0.1) is 11.8 Å². The molecular weight excluding hydrogens is 344 g/mol. The average molecular weight is 367 g/mol. The molecule has 26 heavy (non-hydrogen) atoms. The van der Waals surface area contributed by atoms with Crippen LogP contribution in [0.1, 0.15) is 25.1 Å². The molecule has 0 saturated heterocycles. The molecule has 0 saturated carbocycles. The predicted octanol–water partition coefficient (Wildman–Crippen LogP) is 5.57. The van der Waals surface area contributed by atoms with Gasteiger partial charge >= 0.3 is 0 Å². The van der Waals surface area contributed by atoms with Crippen molar-refractivity contribution in [2.24, 2.45) is 11.8 Å². The molecule has 4 rings (SSSR count). The van der Waals surface area contributed by atoms with Crippen LogP contribution in [-0.2, 0) is 12.8 Å². The van der Waals surface area contributed by atoms with Crippen molar-refractivity contribution < 1.29 is 4.74 Å². The number of fused-ring (bicyclic) bond motifs is 1. The summed E-state index contributed by atoms with van der Waals surface area (Å²) >= 11 is 6.12. The van der Waals surface area contributed by atoms with Gasteiger partial charge in [-0.05, 0) is 48.9 Å². The first-order valence-corrected chi connectivity index (χ1v) is 9.46. The zero-order valence-corrected chi connectivity index (χ0v) is 16.1. The number of benzene rings is 2. The number of aromatic nitrogens is 2. The fraction of sp³-hybridized carbons (Fsp3) is 0.318. The third-order valence-electron chi connectivity index (χ3n) is 5.36. The molecule has 0 spiro atoms. The lowest BCUT2D eigenvalue weighted by Gasteiger charge is -2.16. The summed E-state index contributed by atoms with van der Waals surface area (Å²) in [5, 5.41) is 5.75. The first-order chi connectivity index (χ1) is 12.6. The van der Waals surface area contributed by atoms with Gasteiger partial charge in [0.05, 0.1) is 18.5 Å². The van der Waals surface area contributed by atoms with Gasteiger partial charge in [0.25, 0.3) is 0 Å². The van der Waals surface area contributed by atoms with E-state index in [0.29, 0.717) is 11.8 Å². The maximum atomic E-state index is 6.12. The summed E-state index contributed by atoms with van der Waals surface area (Å²) in [6, 6.07) is 16.1. The van der Waals surface area contributed by atoms with Crippen molar-refractivity contribution in [1.82, 2.24) is 9.78 Å². The van der Waals surface area contributed by atoms with Crippen LogP contribution in [0.5, 0.6) is 5.75 Å². The summed E-state index contributed by atoms with van der Waals surface area (Å²) < 4.78 is 7.63. The minimum Gasteiger partial charge on any atom is -0.494 e. The topological polar surface area (TPSA) is 27.1 Å². The Morgan fingerprint density at radius 3 is 2.50 bits per heavy atom. The summed E-state index contributed by atoms with van der Waals surface area (Å²) in [4.78, 5) is 0. The number of ether oxygens (including phenoxy) is 1. The van der Waals surface area contributed by atoms with Crippen LogP contribution in [-0.4, -0.2) is 16.9 Å². The number of rotatable bonds is 4. The van der Waals surface area contributed by atoms with Crippen LogP contribution in [0.4, 0.5) is 0 Å². The highest BCUT2D eigenvalue weighted by Crippen LogP contribution is 2.40. The van der Waals surface area contributed by atoms with Gasteiger partial charge in [-0.25, -0.2) is 4.68 Å². The molecule has 0 aliphatic heterocycles. The number of nitrogens with zero attached hydrogens (tertiary/aromatic N) is 2. The molecule has 0 radical (unpaired) electrons. The maximum absolute atomic E-state index is 6.12. The van der Waals surface area contributed by atoms with Crippen LogP contribution >= 0.6 is 11.6 Å². The Labute approximate surface area is 159 Å². The molecule has 1 aliphatic carbocycles. The first kappa shape index (κ1) is 17.2. The lowest BCUT2D eigenvalue weighted by molar-refractivity contribution is 0.398. The average Bonchev–Trinajstić information content (AvgIpc) is 3.20. The summed E-state index contributed by atoms with van der Waals surface area (Å²) in [5.41, 5.74) is 5.83. The summed E-state index contributed by atoms with van der Waals surface area (Å²) in [6.07, 6.45) is 2.11. The molecule has 0 amide bonds. The molecule has 134 valence electrons. The van der Waals surface area contributed by atoms with Crippen LogP contribution in [0.25, 0.3) is 16.9 Å². The predicted molar refractivity (Wildman–Crippen MR) is 106 cm³/mol. The van der Waals surface area contributed by atoms with Gasteiger partial charge in [0.2, 0.25) is 0 Å². The molecular formula is C22H23ClN2O. The quantitative estimate of drug-likeness (QED) is 0.603. The number of hydrogen-bond acceptors (Lipinski definition) is 2. The van der Waals surface area contributed by atoms with E-state index in [1.54, 1.807) is 7.11 Å². The van der Waals surface area contributed by atoms with Gasteiger partial charge < -0.3 is 4.74 Å².